The number of carbonyl (C=O) groups excluding carboxylic acids is 1. The van der Waals surface area contributed by atoms with Gasteiger partial charge in [0, 0.05) is 16.4 Å². The van der Waals surface area contributed by atoms with Gasteiger partial charge in [-0.25, -0.2) is 4.79 Å². The zero-order valence-electron chi connectivity index (χ0n) is 10.3. The van der Waals surface area contributed by atoms with Gasteiger partial charge in [-0.2, -0.15) is 0 Å². The topological polar surface area (TPSA) is 26.3 Å². The van der Waals surface area contributed by atoms with Crippen molar-refractivity contribution in [2.45, 2.75) is 6.42 Å². The Kier molecular flexibility index (Phi) is 2.35. The standard InChI is InChI=1S/C16H12O2S/c17-16-14-12(9-18-16)8-11-6-7-19-15(11)13(14)10-4-2-1-3-5-10/h1-7,12H,8-9H2. The predicted molar refractivity (Wildman–Crippen MR) is 74.9 cm³/mol. The van der Waals surface area contributed by atoms with Crippen LogP contribution in [0.25, 0.3) is 5.57 Å². The van der Waals surface area contributed by atoms with Crippen molar-refractivity contribution in [3.8, 4) is 0 Å². The molecule has 19 heavy (non-hydrogen) atoms. The summed E-state index contributed by atoms with van der Waals surface area (Å²) in [6.45, 7) is 0.528. The summed E-state index contributed by atoms with van der Waals surface area (Å²) < 4.78 is 5.26. The van der Waals surface area contributed by atoms with Gasteiger partial charge < -0.3 is 4.74 Å². The Bertz CT molecular complexity index is 682. The zero-order chi connectivity index (χ0) is 12.8. The highest BCUT2D eigenvalue weighted by Gasteiger charge is 2.38. The smallest absolute Gasteiger partial charge is 0.335 e. The fraction of sp³-hybridized carbons (Fsp3) is 0.188. The molecule has 1 saturated heterocycles. The van der Waals surface area contributed by atoms with Crippen LogP contribution in [0.4, 0.5) is 0 Å². The number of ether oxygens (including phenoxy) is 1. The Balaban J connectivity index is 2.01. The number of rotatable bonds is 1. The first kappa shape index (κ1) is 11.0. The molecule has 1 aliphatic carbocycles. The third-order valence-corrected chi connectivity index (χ3v) is 4.79. The molecule has 1 aliphatic heterocycles. The van der Waals surface area contributed by atoms with Gasteiger partial charge in [-0.3, -0.25) is 0 Å². The Morgan fingerprint density at radius 1 is 1.16 bits per heavy atom. The third-order valence-electron chi connectivity index (χ3n) is 3.82. The number of fused-ring (bicyclic) bond motifs is 2. The Morgan fingerprint density at radius 3 is 2.84 bits per heavy atom. The van der Waals surface area contributed by atoms with Gasteiger partial charge in [0.1, 0.15) is 0 Å². The summed E-state index contributed by atoms with van der Waals surface area (Å²) in [7, 11) is 0. The number of esters is 1. The van der Waals surface area contributed by atoms with E-state index in [0.29, 0.717) is 6.61 Å². The molecular formula is C16H12O2S. The molecule has 0 N–H and O–H groups in total. The van der Waals surface area contributed by atoms with Gasteiger partial charge in [0.15, 0.2) is 0 Å². The van der Waals surface area contributed by atoms with E-state index in [2.05, 4.69) is 23.6 Å². The molecule has 2 aromatic rings. The quantitative estimate of drug-likeness (QED) is 0.742. The minimum Gasteiger partial charge on any atom is -0.462 e. The average Bonchev–Trinajstić information content (AvgIpc) is 3.05. The van der Waals surface area contributed by atoms with Crippen LogP contribution in [0.5, 0.6) is 0 Å². The molecule has 2 aliphatic rings. The lowest BCUT2D eigenvalue weighted by molar-refractivity contribution is -0.135. The molecule has 1 aromatic carbocycles. The maximum absolute atomic E-state index is 12.0. The summed E-state index contributed by atoms with van der Waals surface area (Å²) in [5, 5.41) is 2.11. The van der Waals surface area contributed by atoms with Gasteiger partial charge in [0.05, 0.1) is 12.2 Å². The molecule has 0 spiro atoms. The van der Waals surface area contributed by atoms with Crippen molar-refractivity contribution >= 4 is 22.9 Å². The van der Waals surface area contributed by atoms with E-state index in [9.17, 15) is 4.79 Å². The minimum absolute atomic E-state index is 0.136. The SMILES string of the molecule is O=C1OCC2Cc3ccsc3C(c3ccccc3)=C12. The maximum Gasteiger partial charge on any atom is 0.335 e. The predicted octanol–water partition coefficient (Wildman–Crippen LogP) is 3.28. The molecule has 0 amide bonds. The van der Waals surface area contributed by atoms with Crippen molar-refractivity contribution in [2.24, 2.45) is 5.92 Å². The first-order valence-corrected chi connectivity index (χ1v) is 7.26. The molecular weight excluding hydrogens is 256 g/mol. The van der Waals surface area contributed by atoms with Crippen molar-refractivity contribution in [3.63, 3.8) is 0 Å². The van der Waals surface area contributed by atoms with Gasteiger partial charge in [0.2, 0.25) is 0 Å². The van der Waals surface area contributed by atoms with Crippen molar-refractivity contribution in [1.29, 1.82) is 0 Å². The summed E-state index contributed by atoms with van der Waals surface area (Å²) in [6.07, 6.45) is 0.927. The van der Waals surface area contributed by atoms with Crippen LogP contribution in [0.15, 0.2) is 47.4 Å². The van der Waals surface area contributed by atoms with E-state index in [1.807, 2.05) is 18.2 Å². The molecule has 2 heterocycles. The van der Waals surface area contributed by atoms with E-state index in [-0.39, 0.29) is 11.9 Å². The van der Waals surface area contributed by atoms with Crippen LogP contribution in [-0.2, 0) is 16.0 Å². The summed E-state index contributed by atoms with van der Waals surface area (Å²) in [6, 6.07) is 12.3. The van der Waals surface area contributed by atoms with Crippen molar-refractivity contribution in [3.05, 3.63) is 63.4 Å². The third kappa shape index (κ3) is 1.58. The van der Waals surface area contributed by atoms with Gasteiger partial charge in [0.25, 0.3) is 0 Å². The van der Waals surface area contributed by atoms with Crippen molar-refractivity contribution in [1.82, 2.24) is 0 Å². The maximum atomic E-state index is 12.0. The van der Waals surface area contributed by atoms with Gasteiger partial charge in [-0.1, -0.05) is 30.3 Å². The molecule has 3 heteroatoms. The molecule has 0 bridgehead atoms. The van der Waals surface area contributed by atoms with Crippen LogP contribution >= 0.6 is 11.3 Å². The van der Waals surface area contributed by atoms with Crippen LogP contribution in [0.3, 0.4) is 0 Å². The lowest BCUT2D eigenvalue weighted by atomic mass is 9.82. The summed E-state index contributed by atoms with van der Waals surface area (Å²) in [4.78, 5) is 13.3. The molecule has 1 atom stereocenters. The highest BCUT2D eigenvalue weighted by atomic mass is 32.1. The second-order valence-electron chi connectivity index (χ2n) is 4.93. The molecule has 1 aromatic heterocycles. The highest BCUT2D eigenvalue weighted by Crippen LogP contribution is 2.44. The minimum atomic E-state index is -0.136. The number of benzene rings is 1. The number of cyclic esters (lactones) is 1. The van der Waals surface area contributed by atoms with E-state index >= 15 is 0 Å². The zero-order valence-corrected chi connectivity index (χ0v) is 11.1. The highest BCUT2D eigenvalue weighted by molar-refractivity contribution is 7.11. The average molecular weight is 268 g/mol. The van der Waals surface area contributed by atoms with Crippen LogP contribution in [-0.4, -0.2) is 12.6 Å². The van der Waals surface area contributed by atoms with Crippen LogP contribution < -0.4 is 0 Å². The largest absolute Gasteiger partial charge is 0.462 e. The number of carbonyl (C=O) groups is 1. The summed E-state index contributed by atoms with van der Waals surface area (Å²) >= 11 is 1.71. The molecule has 0 saturated carbocycles. The summed E-state index contributed by atoms with van der Waals surface area (Å²) in [5.74, 6) is 0.0905. The molecule has 1 unspecified atom stereocenters. The molecule has 2 nitrogen and oxygen atoms in total. The van der Waals surface area contributed by atoms with Crippen LogP contribution in [0.2, 0.25) is 0 Å². The lowest BCUT2D eigenvalue weighted by Crippen LogP contribution is -2.15. The van der Waals surface area contributed by atoms with E-state index < -0.39 is 0 Å². The fourth-order valence-electron chi connectivity index (χ4n) is 2.97. The van der Waals surface area contributed by atoms with E-state index in [1.54, 1.807) is 11.3 Å². The van der Waals surface area contributed by atoms with Crippen LogP contribution in [0, 0.1) is 5.92 Å². The Hall–Kier alpha value is -1.87. The van der Waals surface area contributed by atoms with Crippen LogP contribution in [0.1, 0.15) is 16.0 Å². The lowest BCUT2D eigenvalue weighted by Gasteiger charge is -2.20. The van der Waals surface area contributed by atoms with E-state index in [0.717, 1.165) is 23.1 Å². The second-order valence-corrected chi connectivity index (χ2v) is 5.85. The Labute approximate surface area is 115 Å². The first-order chi connectivity index (χ1) is 9.34. The fourth-order valence-corrected chi connectivity index (χ4v) is 3.98. The molecule has 1 fully saturated rings. The van der Waals surface area contributed by atoms with Crippen molar-refractivity contribution in [2.75, 3.05) is 6.61 Å². The monoisotopic (exact) mass is 268 g/mol. The second kappa shape index (κ2) is 4.07. The van der Waals surface area contributed by atoms with Gasteiger partial charge >= 0.3 is 5.97 Å². The molecule has 4 rings (SSSR count). The normalized spacial score (nSPS) is 21.1. The number of hydrogen-bond donors (Lipinski definition) is 0. The van der Waals surface area contributed by atoms with Crippen molar-refractivity contribution < 1.29 is 9.53 Å². The van der Waals surface area contributed by atoms with E-state index in [1.165, 1.54) is 10.4 Å². The molecule has 0 radical (unpaired) electrons. The first-order valence-electron chi connectivity index (χ1n) is 6.38. The molecule has 94 valence electrons. The summed E-state index contributed by atoms with van der Waals surface area (Å²) in [5.41, 5.74) is 4.42. The number of hydrogen-bond acceptors (Lipinski definition) is 3. The van der Waals surface area contributed by atoms with Gasteiger partial charge in [-0.15, -0.1) is 11.3 Å². The number of thiophene rings is 1. The Morgan fingerprint density at radius 2 is 2.00 bits per heavy atom. The van der Waals surface area contributed by atoms with E-state index in [4.69, 9.17) is 4.74 Å². The van der Waals surface area contributed by atoms with Gasteiger partial charge in [-0.05, 0) is 29.0 Å².